The number of nitrogens with two attached hydrogens (primary N) is 1. The van der Waals surface area contributed by atoms with Gasteiger partial charge in [-0.15, -0.1) is 10.2 Å². The van der Waals surface area contributed by atoms with Gasteiger partial charge in [0.2, 0.25) is 0 Å². The normalized spacial score (nSPS) is 10.6. The number of aryl methyl sites for hydroxylation is 3. The Morgan fingerprint density at radius 2 is 1.87 bits per heavy atom. The molecule has 4 nitrogen and oxygen atoms in total. The quantitative estimate of drug-likeness (QED) is 0.714. The van der Waals surface area contributed by atoms with Crippen molar-refractivity contribution in [1.82, 2.24) is 14.9 Å². The Morgan fingerprint density at radius 1 is 1.13 bits per heavy atom. The lowest BCUT2D eigenvalue weighted by Gasteiger charge is -2.05. The third-order valence-corrected chi connectivity index (χ3v) is 2.49. The standard InChI is InChI=1S/C11H14N4/c1-7-4-5-10(8(2)6-7)11-14-13-9(3)15(11)12/h4-6H,12H2,1-3H3. The van der Waals surface area contributed by atoms with E-state index in [-0.39, 0.29) is 0 Å². The number of aromatic nitrogens is 3. The van der Waals surface area contributed by atoms with Crippen LogP contribution in [0.4, 0.5) is 0 Å². The van der Waals surface area contributed by atoms with Crippen LogP contribution in [0.15, 0.2) is 18.2 Å². The Hall–Kier alpha value is -1.84. The van der Waals surface area contributed by atoms with Gasteiger partial charge in [0.15, 0.2) is 5.82 Å². The van der Waals surface area contributed by atoms with Gasteiger partial charge >= 0.3 is 0 Å². The smallest absolute Gasteiger partial charge is 0.182 e. The number of rotatable bonds is 1. The van der Waals surface area contributed by atoms with Crippen molar-refractivity contribution in [2.75, 3.05) is 5.84 Å². The third kappa shape index (κ3) is 1.58. The second-order valence-corrected chi connectivity index (χ2v) is 3.76. The Morgan fingerprint density at radius 3 is 2.40 bits per heavy atom. The lowest BCUT2D eigenvalue weighted by atomic mass is 10.1. The van der Waals surface area contributed by atoms with Gasteiger partial charge in [0.05, 0.1) is 0 Å². The number of hydrogen-bond donors (Lipinski definition) is 1. The van der Waals surface area contributed by atoms with Crippen LogP contribution < -0.4 is 5.84 Å². The topological polar surface area (TPSA) is 56.7 Å². The maximum absolute atomic E-state index is 5.83. The Bertz CT molecular complexity index is 499. The minimum absolute atomic E-state index is 0.713. The molecule has 0 radical (unpaired) electrons. The highest BCUT2D eigenvalue weighted by molar-refractivity contribution is 5.60. The SMILES string of the molecule is Cc1ccc(-c2nnc(C)n2N)c(C)c1. The molecular weight excluding hydrogens is 188 g/mol. The van der Waals surface area contributed by atoms with Crippen LogP contribution in [0.25, 0.3) is 11.4 Å². The summed E-state index contributed by atoms with van der Waals surface area (Å²) in [5.74, 6) is 7.26. The van der Waals surface area contributed by atoms with E-state index in [9.17, 15) is 0 Å². The zero-order chi connectivity index (χ0) is 11.0. The van der Waals surface area contributed by atoms with Gasteiger partial charge in [0.1, 0.15) is 5.82 Å². The fourth-order valence-electron chi connectivity index (χ4n) is 1.62. The number of nitrogen functional groups attached to an aromatic ring is 1. The molecule has 0 aliphatic carbocycles. The average Bonchev–Trinajstić information content (AvgIpc) is 2.49. The fraction of sp³-hybridized carbons (Fsp3) is 0.273. The molecule has 0 amide bonds. The van der Waals surface area contributed by atoms with Crippen LogP contribution in [0.2, 0.25) is 0 Å². The van der Waals surface area contributed by atoms with Crippen molar-refractivity contribution in [2.24, 2.45) is 0 Å². The summed E-state index contributed by atoms with van der Waals surface area (Å²) in [6.07, 6.45) is 0. The molecule has 0 aliphatic rings. The van der Waals surface area contributed by atoms with E-state index in [0.717, 1.165) is 11.1 Å². The first-order valence-corrected chi connectivity index (χ1v) is 4.84. The predicted octanol–water partition coefficient (Wildman–Crippen LogP) is 1.58. The zero-order valence-electron chi connectivity index (χ0n) is 9.15. The average molecular weight is 202 g/mol. The molecule has 0 saturated heterocycles. The molecule has 4 heteroatoms. The van der Waals surface area contributed by atoms with Gasteiger partial charge in [-0.3, -0.25) is 0 Å². The Balaban J connectivity index is 2.59. The lowest BCUT2D eigenvalue weighted by molar-refractivity contribution is 0.931. The Labute approximate surface area is 88.7 Å². The molecule has 0 fully saturated rings. The molecule has 1 aromatic carbocycles. The van der Waals surface area contributed by atoms with E-state index in [4.69, 9.17) is 5.84 Å². The molecule has 78 valence electrons. The van der Waals surface area contributed by atoms with Crippen LogP contribution in [-0.2, 0) is 0 Å². The first kappa shape index (κ1) is 9.71. The van der Waals surface area contributed by atoms with Crippen molar-refractivity contribution < 1.29 is 0 Å². The molecule has 15 heavy (non-hydrogen) atoms. The zero-order valence-corrected chi connectivity index (χ0v) is 9.15. The third-order valence-electron chi connectivity index (χ3n) is 2.49. The summed E-state index contributed by atoms with van der Waals surface area (Å²) < 4.78 is 1.51. The molecule has 1 aromatic heterocycles. The largest absolute Gasteiger partial charge is 0.336 e. The van der Waals surface area contributed by atoms with Crippen molar-refractivity contribution in [2.45, 2.75) is 20.8 Å². The van der Waals surface area contributed by atoms with Crippen molar-refractivity contribution in [3.63, 3.8) is 0 Å². The summed E-state index contributed by atoms with van der Waals surface area (Å²) in [4.78, 5) is 0. The van der Waals surface area contributed by atoms with Gasteiger partial charge in [-0.25, -0.2) is 4.68 Å². The highest BCUT2D eigenvalue weighted by atomic mass is 15.4. The number of hydrogen-bond acceptors (Lipinski definition) is 3. The minimum Gasteiger partial charge on any atom is -0.336 e. The maximum atomic E-state index is 5.83. The predicted molar refractivity (Wildman–Crippen MR) is 59.8 cm³/mol. The van der Waals surface area contributed by atoms with Crippen LogP contribution >= 0.6 is 0 Å². The molecule has 0 bridgehead atoms. The van der Waals surface area contributed by atoms with E-state index in [1.165, 1.54) is 10.2 Å². The highest BCUT2D eigenvalue weighted by Crippen LogP contribution is 2.21. The van der Waals surface area contributed by atoms with Crippen LogP contribution in [0.5, 0.6) is 0 Å². The van der Waals surface area contributed by atoms with E-state index >= 15 is 0 Å². The second-order valence-electron chi connectivity index (χ2n) is 3.76. The van der Waals surface area contributed by atoms with Crippen LogP contribution in [-0.4, -0.2) is 14.9 Å². The summed E-state index contributed by atoms with van der Waals surface area (Å²) in [6, 6.07) is 6.18. The molecule has 0 atom stereocenters. The number of benzene rings is 1. The first-order valence-electron chi connectivity index (χ1n) is 4.84. The van der Waals surface area contributed by atoms with Gasteiger partial charge in [-0.1, -0.05) is 23.8 Å². The van der Waals surface area contributed by atoms with Crippen LogP contribution in [0.3, 0.4) is 0 Å². The van der Waals surface area contributed by atoms with Gasteiger partial charge in [-0.05, 0) is 26.3 Å². The summed E-state index contributed by atoms with van der Waals surface area (Å²) in [7, 11) is 0. The summed E-state index contributed by atoms with van der Waals surface area (Å²) in [5.41, 5.74) is 3.42. The van der Waals surface area contributed by atoms with E-state index in [0.29, 0.717) is 11.6 Å². The maximum Gasteiger partial charge on any atom is 0.182 e. The fourth-order valence-corrected chi connectivity index (χ4v) is 1.62. The van der Waals surface area contributed by atoms with E-state index in [1.807, 2.05) is 26.0 Å². The summed E-state index contributed by atoms with van der Waals surface area (Å²) in [6.45, 7) is 5.95. The summed E-state index contributed by atoms with van der Waals surface area (Å²) in [5, 5.41) is 8.01. The molecular formula is C11H14N4. The van der Waals surface area contributed by atoms with Crippen molar-refractivity contribution >= 4 is 0 Å². The van der Waals surface area contributed by atoms with Crippen molar-refractivity contribution in [3.8, 4) is 11.4 Å². The van der Waals surface area contributed by atoms with E-state index in [2.05, 4.69) is 23.2 Å². The minimum atomic E-state index is 0.713. The van der Waals surface area contributed by atoms with Crippen LogP contribution in [0, 0.1) is 20.8 Å². The molecule has 2 N–H and O–H groups in total. The molecule has 2 aromatic rings. The van der Waals surface area contributed by atoms with Gasteiger partial charge < -0.3 is 5.84 Å². The first-order chi connectivity index (χ1) is 7.09. The summed E-state index contributed by atoms with van der Waals surface area (Å²) >= 11 is 0. The highest BCUT2D eigenvalue weighted by Gasteiger charge is 2.10. The second kappa shape index (κ2) is 3.38. The van der Waals surface area contributed by atoms with E-state index in [1.54, 1.807) is 0 Å². The van der Waals surface area contributed by atoms with Gasteiger partial charge in [0, 0.05) is 5.56 Å². The van der Waals surface area contributed by atoms with Crippen molar-refractivity contribution in [1.29, 1.82) is 0 Å². The molecule has 0 aliphatic heterocycles. The van der Waals surface area contributed by atoms with Gasteiger partial charge in [-0.2, -0.15) is 0 Å². The number of nitrogens with zero attached hydrogens (tertiary/aromatic N) is 3. The molecule has 1 heterocycles. The lowest BCUT2D eigenvalue weighted by Crippen LogP contribution is -2.12. The molecule has 0 unspecified atom stereocenters. The molecule has 0 saturated carbocycles. The monoisotopic (exact) mass is 202 g/mol. The van der Waals surface area contributed by atoms with Crippen LogP contribution in [0.1, 0.15) is 17.0 Å². The van der Waals surface area contributed by atoms with Crippen molar-refractivity contribution in [3.05, 3.63) is 35.2 Å². The Kier molecular flexibility index (Phi) is 2.19. The van der Waals surface area contributed by atoms with E-state index < -0.39 is 0 Å². The van der Waals surface area contributed by atoms with Gasteiger partial charge in [0.25, 0.3) is 0 Å². The molecule has 2 rings (SSSR count). The molecule has 0 spiro atoms.